The van der Waals surface area contributed by atoms with E-state index in [1.165, 1.54) is 17.0 Å². The minimum atomic E-state index is -0.669. The highest BCUT2D eigenvalue weighted by Gasteiger charge is 2.16. The second kappa shape index (κ2) is 5.67. The van der Waals surface area contributed by atoms with Crippen LogP contribution >= 0.6 is 11.6 Å². The van der Waals surface area contributed by atoms with E-state index in [-0.39, 0.29) is 16.6 Å². The molecule has 98 valence electrons. The molecule has 2 rings (SSSR count). The van der Waals surface area contributed by atoms with Gasteiger partial charge in [0.15, 0.2) is 0 Å². The molecule has 19 heavy (non-hydrogen) atoms. The average Bonchev–Trinajstić information content (AvgIpc) is 2.39. The molecule has 0 aliphatic heterocycles. The number of nitrogens with one attached hydrogen (secondary N) is 1. The van der Waals surface area contributed by atoms with Gasteiger partial charge in [-0.3, -0.25) is 14.2 Å². The van der Waals surface area contributed by atoms with Gasteiger partial charge in [-0.15, -0.1) is 0 Å². The first-order chi connectivity index (χ1) is 9.08. The maximum Gasteiger partial charge on any atom is 0.255 e. The fourth-order valence-electron chi connectivity index (χ4n) is 1.57. The van der Waals surface area contributed by atoms with E-state index < -0.39 is 6.04 Å². The molecule has 1 heterocycles. The summed E-state index contributed by atoms with van der Waals surface area (Å²) in [7, 11) is 0. The first-order valence-corrected chi connectivity index (χ1v) is 6.05. The van der Waals surface area contributed by atoms with Crippen LogP contribution in [0.1, 0.15) is 13.0 Å². The minimum absolute atomic E-state index is 0.108. The molecule has 0 bridgehead atoms. The second-order valence-electron chi connectivity index (χ2n) is 3.99. The van der Waals surface area contributed by atoms with Crippen LogP contribution in [0.2, 0.25) is 5.15 Å². The largest absolute Gasteiger partial charge is 0.324 e. The van der Waals surface area contributed by atoms with Crippen molar-refractivity contribution in [3.63, 3.8) is 0 Å². The van der Waals surface area contributed by atoms with Gasteiger partial charge < -0.3 is 5.32 Å². The molecule has 6 heteroatoms. The quantitative estimate of drug-likeness (QED) is 0.874. The Morgan fingerprint density at radius 1 is 1.37 bits per heavy atom. The van der Waals surface area contributed by atoms with Gasteiger partial charge in [0.1, 0.15) is 11.2 Å². The number of para-hydroxylation sites is 1. The van der Waals surface area contributed by atoms with Gasteiger partial charge in [0.2, 0.25) is 5.91 Å². The lowest BCUT2D eigenvalue weighted by molar-refractivity contribution is -0.118. The van der Waals surface area contributed by atoms with Crippen LogP contribution in [-0.4, -0.2) is 15.5 Å². The standard InChI is InChI=1S/C13H12ClN3O2/c1-9(17-8-15-11(14)7-12(17)18)13(19)16-10-5-3-2-4-6-10/h2-9H,1H3,(H,16,19). The molecule has 1 N–H and O–H groups in total. The Labute approximate surface area is 114 Å². The molecule has 1 aromatic carbocycles. The summed E-state index contributed by atoms with van der Waals surface area (Å²) < 4.78 is 1.23. The van der Waals surface area contributed by atoms with E-state index >= 15 is 0 Å². The molecule has 1 unspecified atom stereocenters. The van der Waals surface area contributed by atoms with E-state index in [1.54, 1.807) is 19.1 Å². The zero-order valence-electron chi connectivity index (χ0n) is 10.2. The smallest absolute Gasteiger partial charge is 0.255 e. The van der Waals surface area contributed by atoms with Crippen molar-refractivity contribution in [2.24, 2.45) is 0 Å². The van der Waals surface area contributed by atoms with Gasteiger partial charge in [0, 0.05) is 11.8 Å². The summed E-state index contributed by atoms with van der Waals surface area (Å²) in [5.74, 6) is -0.294. The molecule has 0 saturated carbocycles. The Balaban J connectivity index is 2.17. The third-order valence-corrected chi connectivity index (χ3v) is 2.85. The summed E-state index contributed by atoms with van der Waals surface area (Å²) >= 11 is 5.61. The van der Waals surface area contributed by atoms with Crippen molar-refractivity contribution < 1.29 is 4.79 Å². The molecule has 0 aliphatic rings. The van der Waals surface area contributed by atoms with E-state index in [9.17, 15) is 9.59 Å². The van der Waals surface area contributed by atoms with Crippen LogP contribution < -0.4 is 10.9 Å². The topological polar surface area (TPSA) is 64.0 Å². The summed E-state index contributed by atoms with van der Waals surface area (Å²) in [4.78, 5) is 27.5. The molecule has 2 aromatic rings. The number of amides is 1. The van der Waals surface area contributed by atoms with Crippen LogP contribution in [0.15, 0.2) is 47.5 Å². The normalized spacial score (nSPS) is 11.9. The number of halogens is 1. The molecule has 1 atom stereocenters. The summed E-state index contributed by atoms with van der Waals surface area (Å²) in [5.41, 5.74) is 0.310. The van der Waals surface area contributed by atoms with Crippen molar-refractivity contribution >= 4 is 23.2 Å². The Hall–Kier alpha value is -2.14. The SMILES string of the molecule is CC(C(=O)Nc1ccccc1)n1cnc(Cl)cc1=O. The Bertz CT molecular complexity index is 640. The molecule has 0 fully saturated rings. The van der Waals surface area contributed by atoms with Gasteiger partial charge in [0.25, 0.3) is 5.56 Å². The van der Waals surface area contributed by atoms with Crippen LogP contribution in [0.25, 0.3) is 0 Å². The first-order valence-electron chi connectivity index (χ1n) is 5.67. The fraction of sp³-hybridized carbons (Fsp3) is 0.154. The van der Waals surface area contributed by atoms with Gasteiger partial charge in [-0.25, -0.2) is 4.98 Å². The number of nitrogens with zero attached hydrogens (tertiary/aromatic N) is 2. The lowest BCUT2D eigenvalue weighted by Crippen LogP contribution is -2.31. The van der Waals surface area contributed by atoms with E-state index in [1.807, 2.05) is 18.2 Å². The first kappa shape index (κ1) is 13.3. The van der Waals surface area contributed by atoms with E-state index in [0.717, 1.165) is 0 Å². The summed E-state index contributed by atoms with van der Waals surface area (Å²) in [6, 6.07) is 9.53. The lowest BCUT2D eigenvalue weighted by Gasteiger charge is -2.14. The van der Waals surface area contributed by atoms with Gasteiger partial charge in [-0.05, 0) is 19.1 Å². The molecule has 0 radical (unpaired) electrons. The van der Waals surface area contributed by atoms with Crippen LogP contribution in [0.4, 0.5) is 5.69 Å². The third kappa shape index (κ3) is 3.20. The van der Waals surface area contributed by atoms with Crippen molar-refractivity contribution in [3.05, 3.63) is 58.2 Å². The molecule has 1 aromatic heterocycles. The van der Waals surface area contributed by atoms with Crippen LogP contribution in [0.3, 0.4) is 0 Å². The number of anilines is 1. The average molecular weight is 278 g/mol. The number of carbonyl (C=O) groups is 1. The zero-order chi connectivity index (χ0) is 13.8. The summed E-state index contributed by atoms with van der Waals surface area (Å²) in [6.07, 6.45) is 1.26. The predicted molar refractivity (Wildman–Crippen MR) is 73.3 cm³/mol. The second-order valence-corrected chi connectivity index (χ2v) is 4.38. The number of carbonyl (C=O) groups excluding carboxylic acids is 1. The highest BCUT2D eigenvalue weighted by molar-refractivity contribution is 6.29. The fourth-order valence-corrected chi connectivity index (χ4v) is 1.71. The molecule has 5 nitrogen and oxygen atoms in total. The van der Waals surface area contributed by atoms with Crippen LogP contribution in [-0.2, 0) is 4.79 Å². The van der Waals surface area contributed by atoms with Crippen LogP contribution in [0, 0.1) is 0 Å². The van der Waals surface area contributed by atoms with Crippen molar-refractivity contribution in [2.75, 3.05) is 5.32 Å². The Kier molecular flexibility index (Phi) is 3.97. The molecule has 0 spiro atoms. The van der Waals surface area contributed by atoms with Crippen molar-refractivity contribution in [2.45, 2.75) is 13.0 Å². The molecular weight excluding hydrogens is 266 g/mol. The molecular formula is C13H12ClN3O2. The monoisotopic (exact) mass is 277 g/mol. The molecule has 0 aliphatic carbocycles. The maximum absolute atomic E-state index is 12.0. The third-order valence-electron chi connectivity index (χ3n) is 2.64. The lowest BCUT2D eigenvalue weighted by atomic mass is 10.2. The Morgan fingerprint density at radius 3 is 2.68 bits per heavy atom. The highest BCUT2D eigenvalue weighted by Crippen LogP contribution is 2.10. The Morgan fingerprint density at radius 2 is 2.05 bits per heavy atom. The molecule has 0 saturated heterocycles. The number of benzene rings is 1. The summed E-state index contributed by atoms with van der Waals surface area (Å²) in [6.45, 7) is 1.62. The van der Waals surface area contributed by atoms with E-state index in [2.05, 4.69) is 10.3 Å². The van der Waals surface area contributed by atoms with Crippen LogP contribution in [0.5, 0.6) is 0 Å². The summed E-state index contributed by atoms with van der Waals surface area (Å²) in [5, 5.41) is 2.83. The minimum Gasteiger partial charge on any atom is -0.324 e. The molecule has 1 amide bonds. The number of hydrogen-bond donors (Lipinski definition) is 1. The van der Waals surface area contributed by atoms with Gasteiger partial charge in [-0.1, -0.05) is 29.8 Å². The van der Waals surface area contributed by atoms with Gasteiger partial charge in [0.05, 0.1) is 6.33 Å². The maximum atomic E-state index is 12.0. The van der Waals surface area contributed by atoms with E-state index in [0.29, 0.717) is 5.69 Å². The van der Waals surface area contributed by atoms with Gasteiger partial charge >= 0.3 is 0 Å². The number of rotatable bonds is 3. The number of hydrogen-bond acceptors (Lipinski definition) is 3. The van der Waals surface area contributed by atoms with Gasteiger partial charge in [-0.2, -0.15) is 0 Å². The van der Waals surface area contributed by atoms with E-state index in [4.69, 9.17) is 11.6 Å². The number of aromatic nitrogens is 2. The predicted octanol–water partition coefficient (Wildman–Crippen LogP) is 2.10. The van der Waals surface area contributed by atoms with Crippen molar-refractivity contribution in [1.82, 2.24) is 9.55 Å². The zero-order valence-corrected chi connectivity index (χ0v) is 11.0. The van der Waals surface area contributed by atoms with Crippen molar-refractivity contribution in [3.8, 4) is 0 Å². The van der Waals surface area contributed by atoms with Crippen molar-refractivity contribution in [1.29, 1.82) is 0 Å². The highest BCUT2D eigenvalue weighted by atomic mass is 35.5.